The number of hydrogen-bond donors (Lipinski definition) is 0. The highest BCUT2D eigenvalue weighted by atomic mass is 35.5. The number of benzene rings is 1. The number of aryl methyl sites for hydroxylation is 1. The Kier molecular flexibility index (Phi) is 2.80. The molecular formula is C15H13ClN2. The van der Waals surface area contributed by atoms with Crippen LogP contribution in [0.5, 0.6) is 0 Å². The molecule has 0 aliphatic heterocycles. The summed E-state index contributed by atoms with van der Waals surface area (Å²) in [5, 5.41) is 0.771. The summed E-state index contributed by atoms with van der Waals surface area (Å²) in [6.07, 6.45) is 2.90. The maximum atomic E-state index is 5.99. The molecule has 1 aromatic carbocycles. The summed E-state index contributed by atoms with van der Waals surface area (Å²) in [7, 11) is 0. The van der Waals surface area contributed by atoms with Crippen LogP contribution in [0.4, 0.5) is 0 Å². The third kappa shape index (κ3) is 2.12. The Bertz CT molecular complexity index is 701. The van der Waals surface area contributed by atoms with Gasteiger partial charge in [-0.2, -0.15) is 0 Å². The standard InChI is InChI=1S/C15H13ClN2/c1-11-4-2-7-15-17-14(10-18(11)15)9-12-5-3-6-13(16)8-12/h2-8,10H,9H2,1H3. The van der Waals surface area contributed by atoms with Gasteiger partial charge in [-0.1, -0.05) is 29.8 Å². The zero-order chi connectivity index (χ0) is 12.5. The third-order valence-electron chi connectivity index (χ3n) is 3.02. The Morgan fingerprint density at radius 1 is 1.17 bits per heavy atom. The maximum Gasteiger partial charge on any atom is 0.137 e. The molecule has 0 saturated carbocycles. The first-order valence-corrected chi connectivity index (χ1v) is 6.28. The van der Waals surface area contributed by atoms with Gasteiger partial charge in [0.15, 0.2) is 0 Å². The van der Waals surface area contributed by atoms with E-state index in [0.29, 0.717) is 0 Å². The van der Waals surface area contributed by atoms with E-state index in [2.05, 4.69) is 34.6 Å². The van der Waals surface area contributed by atoms with Crippen molar-refractivity contribution in [2.45, 2.75) is 13.3 Å². The first-order chi connectivity index (χ1) is 8.72. The monoisotopic (exact) mass is 256 g/mol. The van der Waals surface area contributed by atoms with Gasteiger partial charge in [0, 0.05) is 23.3 Å². The van der Waals surface area contributed by atoms with E-state index in [4.69, 9.17) is 11.6 Å². The lowest BCUT2D eigenvalue weighted by molar-refractivity contribution is 1.08. The number of rotatable bonds is 2. The summed E-state index contributed by atoms with van der Waals surface area (Å²) < 4.78 is 2.11. The molecule has 0 fully saturated rings. The average Bonchev–Trinajstić information content (AvgIpc) is 2.73. The van der Waals surface area contributed by atoms with Gasteiger partial charge in [0.2, 0.25) is 0 Å². The lowest BCUT2D eigenvalue weighted by Crippen LogP contribution is -1.88. The molecule has 2 heterocycles. The minimum Gasteiger partial charge on any atom is -0.304 e. The van der Waals surface area contributed by atoms with Crippen LogP contribution < -0.4 is 0 Å². The molecule has 0 saturated heterocycles. The maximum absolute atomic E-state index is 5.99. The van der Waals surface area contributed by atoms with Gasteiger partial charge < -0.3 is 4.40 Å². The number of nitrogens with zero attached hydrogens (tertiary/aromatic N) is 2. The fourth-order valence-electron chi connectivity index (χ4n) is 2.14. The fourth-order valence-corrected chi connectivity index (χ4v) is 2.35. The molecule has 18 heavy (non-hydrogen) atoms. The topological polar surface area (TPSA) is 17.3 Å². The summed E-state index contributed by atoms with van der Waals surface area (Å²) in [5.74, 6) is 0. The lowest BCUT2D eigenvalue weighted by Gasteiger charge is -1.98. The van der Waals surface area contributed by atoms with Gasteiger partial charge in [-0.3, -0.25) is 0 Å². The first kappa shape index (κ1) is 11.3. The van der Waals surface area contributed by atoms with Crippen LogP contribution in [0, 0.1) is 6.92 Å². The van der Waals surface area contributed by atoms with Crippen molar-refractivity contribution >= 4 is 17.2 Å². The average molecular weight is 257 g/mol. The van der Waals surface area contributed by atoms with Crippen molar-refractivity contribution < 1.29 is 0 Å². The Morgan fingerprint density at radius 3 is 2.78 bits per heavy atom. The Hall–Kier alpha value is -1.80. The van der Waals surface area contributed by atoms with Crippen LogP contribution in [0.15, 0.2) is 48.7 Å². The number of hydrogen-bond acceptors (Lipinski definition) is 1. The molecule has 0 aliphatic carbocycles. The van der Waals surface area contributed by atoms with Crippen LogP contribution in [-0.4, -0.2) is 9.38 Å². The zero-order valence-corrected chi connectivity index (χ0v) is 10.9. The van der Waals surface area contributed by atoms with E-state index in [1.807, 2.05) is 30.3 Å². The molecule has 2 aromatic heterocycles. The number of halogens is 1. The second-order valence-electron chi connectivity index (χ2n) is 4.43. The van der Waals surface area contributed by atoms with Gasteiger partial charge in [-0.15, -0.1) is 0 Å². The molecule has 0 N–H and O–H groups in total. The van der Waals surface area contributed by atoms with Crippen LogP contribution in [0.3, 0.4) is 0 Å². The van der Waals surface area contributed by atoms with Crippen molar-refractivity contribution in [2.75, 3.05) is 0 Å². The molecular weight excluding hydrogens is 244 g/mol. The second-order valence-corrected chi connectivity index (χ2v) is 4.87. The van der Waals surface area contributed by atoms with Crippen LogP contribution in [0.25, 0.3) is 5.65 Å². The van der Waals surface area contributed by atoms with E-state index < -0.39 is 0 Å². The normalized spacial score (nSPS) is 11.0. The lowest BCUT2D eigenvalue weighted by atomic mass is 10.1. The fraction of sp³-hybridized carbons (Fsp3) is 0.133. The summed E-state index contributed by atoms with van der Waals surface area (Å²) in [6, 6.07) is 14.0. The van der Waals surface area contributed by atoms with E-state index in [0.717, 1.165) is 22.8 Å². The molecule has 0 bridgehead atoms. The summed E-state index contributed by atoms with van der Waals surface area (Å²) in [5.41, 5.74) is 4.43. The zero-order valence-electron chi connectivity index (χ0n) is 10.1. The van der Waals surface area contributed by atoms with Gasteiger partial charge in [-0.05, 0) is 36.8 Å². The molecule has 0 aliphatic rings. The molecule has 3 aromatic rings. The largest absolute Gasteiger partial charge is 0.304 e. The minimum absolute atomic E-state index is 0.771. The van der Waals surface area contributed by atoms with Crippen molar-refractivity contribution in [1.82, 2.24) is 9.38 Å². The Labute approximate surface area is 111 Å². The summed E-state index contributed by atoms with van der Waals surface area (Å²) in [6.45, 7) is 2.08. The predicted octanol–water partition coefficient (Wildman–Crippen LogP) is 3.89. The number of imidazole rings is 1. The van der Waals surface area contributed by atoms with Crippen LogP contribution in [0.2, 0.25) is 5.02 Å². The number of aromatic nitrogens is 2. The highest BCUT2D eigenvalue weighted by Gasteiger charge is 2.04. The van der Waals surface area contributed by atoms with Crippen molar-refractivity contribution in [3.8, 4) is 0 Å². The molecule has 0 amide bonds. The van der Waals surface area contributed by atoms with E-state index in [-0.39, 0.29) is 0 Å². The molecule has 0 unspecified atom stereocenters. The van der Waals surface area contributed by atoms with E-state index in [1.165, 1.54) is 11.3 Å². The highest BCUT2D eigenvalue weighted by molar-refractivity contribution is 6.30. The van der Waals surface area contributed by atoms with E-state index >= 15 is 0 Å². The summed E-state index contributed by atoms with van der Waals surface area (Å²) >= 11 is 5.99. The molecule has 0 spiro atoms. The molecule has 3 rings (SSSR count). The van der Waals surface area contributed by atoms with Gasteiger partial charge >= 0.3 is 0 Å². The third-order valence-corrected chi connectivity index (χ3v) is 3.26. The van der Waals surface area contributed by atoms with Crippen LogP contribution in [0.1, 0.15) is 17.0 Å². The first-order valence-electron chi connectivity index (χ1n) is 5.90. The quantitative estimate of drug-likeness (QED) is 0.680. The van der Waals surface area contributed by atoms with Crippen molar-refractivity contribution in [3.63, 3.8) is 0 Å². The second kappa shape index (κ2) is 4.46. The molecule has 2 nitrogen and oxygen atoms in total. The van der Waals surface area contributed by atoms with Crippen molar-refractivity contribution in [1.29, 1.82) is 0 Å². The molecule has 3 heteroatoms. The molecule has 0 radical (unpaired) electrons. The van der Waals surface area contributed by atoms with Crippen molar-refractivity contribution in [3.05, 3.63) is 70.6 Å². The van der Waals surface area contributed by atoms with Gasteiger partial charge in [0.1, 0.15) is 5.65 Å². The highest BCUT2D eigenvalue weighted by Crippen LogP contribution is 2.15. The summed E-state index contributed by atoms with van der Waals surface area (Å²) in [4.78, 5) is 4.62. The van der Waals surface area contributed by atoms with E-state index in [9.17, 15) is 0 Å². The SMILES string of the molecule is Cc1cccc2nc(Cc3cccc(Cl)c3)cn12. The van der Waals surface area contributed by atoms with Gasteiger partial charge in [-0.25, -0.2) is 4.98 Å². The Morgan fingerprint density at radius 2 is 2.00 bits per heavy atom. The smallest absolute Gasteiger partial charge is 0.137 e. The van der Waals surface area contributed by atoms with Gasteiger partial charge in [0.05, 0.1) is 5.69 Å². The van der Waals surface area contributed by atoms with E-state index in [1.54, 1.807) is 0 Å². The van der Waals surface area contributed by atoms with Crippen LogP contribution in [-0.2, 0) is 6.42 Å². The van der Waals surface area contributed by atoms with Crippen LogP contribution >= 0.6 is 11.6 Å². The Balaban J connectivity index is 1.98. The van der Waals surface area contributed by atoms with Gasteiger partial charge in [0.25, 0.3) is 0 Å². The molecule has 90 valence electrons. The molecule has 0 atom stereocenters. The number of fused-ring (bicyclic) bond motifs is 1. The predicted molar refractivity (Wildman–Crippen MR) is 74.2 cm³/mol. The number of pyridine rings is 1. The minimum atomic E-state index is 0.771. The van der Waals surface area contributed by atoms with Crippen molar-refractivity contribution in [2.24, 2.45) is 0 Å².